The molecule has 1 saturated carbocycles. The van der Waals surface area contributed by atoms with Crippen molar-refractivity contribution in [3.63, 3.8) is 0 Å². The van der Waals surface area contributed by atoms with E-state index in [0.29, 0.717) is 5.41 Å². The standard InChI is InChI=1S/C11H17NO/c1-10(2,3)8-7-9(13-12-8)11(4)5-6-11/h7H,5-6H2,1-4H3. The van der Waals surface area contributed by atoms with Crippen molar-refractivity contribution in [2.24, 2.45) is 0 Å². The molecule has 13 heavy (non-hydrogen) atoms. The number of hydrogen-bond donors (Lipinski definition) is 0. The molecule has 0 spiro atoms. The zero-order chi connectivity index (χ0) is 9.69. The van der Waals surface area contributed by atoms with Gasteiger partial charge in [-0.05, 0) is 12.8 Å². The Morgan fingerprint density at radius 1 is 1.38 bits per heavy atom. The van der Waals surface area contributed by atoms with E-state index in [-0.39, 0.29) is 5.41 Å². The summed E-state index contributed by atoms with van der Waals surface area (Å²) < 4.78 is 5.37. The van der Waals surface area contributed by atoms with Gasteiger partial charge in [0.15, 0.2) is 0 Å². The summed E-state index contributed by atoms with van der Waals surface area (Å²) in [5.74, 6) is 1.07. The Morgan fingerprint density at radius 3 is 2.38 bits per heavy atom. The third-order valence-electron chi connectivity index (χ3n) is 2.87. The molecule has 2 heteroatoms. The molecule has 0 radical (unpaired) electrons. The van der Waals surface area contributed by atoms with Crippen LogP contribution in [-0.4, -0.2) is 5.16 Å². The number of aromatic nitrogens is 1. The quantitative estimate of drug-likeness (QED) is 0.662. The van der Waals surface area contributed by atoms with Gasteiger partial charge >= 0.3 is 0 Å². The second kappa shape index (κ2) is 2.37. The van der Waals surface area contributed by atoms with Crippen molar-refractivity contribution in [2.75, 3.05) is 0 Å². The zero-order valence-electron chi connectivity index (χ0n) is 8.85. The van der Waals surface area contributed by atoms with Crippen molar-refractivity contribution in [3.8, 4) is 0 Å². The highest BCUT2D eigenvalue weighted by Crippen LogP contribution is 2.48. The van der Waals surface area contributed by atoms with Crippen molar-refractivity contribution in [2.45, 2.75) is 51.4 Å². The second-order valence-corrected chi connectivity index (χ2v) is 5.39. The molecule has 0 atom stereocenters. The monoisotopic (exact) mass is 179 g/mol. The van der Waals surface area contributed by atoms with Gasteiger partial charge in [0.2, 0.25) is 0 Å². The summed E-state index contributed by atoms with van der Waals surface area (Å²) in [6.07, 6.45) is 2.48. The molecule has 1 aromatic rings. The lowest BCUT2D eigenvalue weighted by molar-refractivity contribution is 0.345. The van der Waals surface area contributed by atoms with Gasteiger partial charge in [0.1, 0.15) is 5.76 Å². The summed E-state index contributed by atoms with van der Waals surface area (Å²) in [4.78, 5) is 0. The summed E-state index contributed by atoms with van der Waals surface area (Å²) >= 11 is 0. The topological polar surface area (TPSA) is 26.0 Å². The van der Waals surface area contributed by atoms with Crippen LogP contribution in [0.5, 0.6) is 0 Å². The van der Waals surface area contributed by atoms with Crippen LogP contribution in [0.25, 0.3) is 0 Å². The molecule has 2 rings (SSSR count). The Bertz CT molecular complexity index is 295. The first kappa shape index (κ1) is 8.79. The van der Waals surface area contributed by atoms with Gasteiger partial charge in [0, 0.05) is 16.9 Å². The molecule has 0 aliphatic heterocycles. The number of nitrogens with zero attached hydrogens (tertiary/aromatic N) is 1. The van der Waals surface area contributed by atoms with Gasteiger partial charge in [0.05, 0.1) is 5.69 Å². The fourth-order valence-corrected chi connectivity index (χ4v) is 1.35. The lowest BCUT2D eigenvalue weighted by atomic mass is 9.91. The van der Waals surface area contributed by atoms with Crippen LogP contribution in [0.3, 0.4) is 0 Å². The first-order chi connectivity index (χ1) is 5.92. The Kier molecular flexibility index (Phi) is 1.60. The highest BCUT2D eigenvalue weighted by atomic mass is 16.5. The van der Waals surface area contributed by atoms with Crippen LogP contribution in [0.1, 0.15) is 52.0 Å². The predicted octanol–water partition coefficient (Wildman–Crippen LogP) is 3.02. The van der Waals surface area contributed by atoms with Gasteiger partial charge in [-0.3, -0.25) is 0 Å². The Balaban J connectivity index is 2.29. The molecular formula is C11H17NO. The van der Waals surface area contributed by atoms with Crippen LogP contribution in [0.2, 0.25) is 0 Å². The fourth-order valence-electron chi connectivity index (χ4n) is 1.35. The van der Waals surface area contributed by atoms with E-state index in [2.05, 4.69) is 38.9 Å². The largest absolute Gasteiger partial charge is 0.361 e. The molecule has 0 saturated heterocycles. The minimum Gasteiger partial charge on any atom is -0.361 e. The first-order valence-electron chi connectivity index (χ1n) is 4.89. The smallest absolute Gasteiger partial charge is 0.142 e. The third-order valence-corrected chi connectivity index (χ3v) is 2.87. The molecule has 1 fully saturated rings. The summed E-state index contributed by atoms with van der Waals surface area (Å²) in [7, 11) is 0. The van der Waals surface area contributed by atoms with E-state index < -0.39 is 0 Å². The minimum atomic E-state index is 0.104. The molecule has 0 unspecified atom stereocenters. The molecule has 0 N–H and O–H groups in total. The van der Waals surface area contributed by atoms with Gasteiger partial charge in [-0.25, -0.2) is 0 Å². The summed E-state index contributed by atoms with van der Waals surface area (Å²) in [5.41, 5.74) is 1.47. The second-order valence-electron chi connectivity index (χ2n) is 5.39. The summed E-state index contributed by atoms with van der Waals surface area (Å²) in [6.45, 7) is 8.71. The van der Waals surface area contributed by atoms with Gasteiger partial charge in [-0.2, -0.15) is 0 Å². The van der Waals surface area contributed by atoms with E-state index in [9.17, 15) is 0 Å². The van der Waals surface area contributed by atoms with Gasteiger partial charge < -0.3 is 4.52 Å². The lowest BCUT2D eigenvalue weighted by Crippen LogP contribution is -2.11. The van der Waals surface area contributed by atoms with Crippen LogP contribution in [0, 0.1) is 0 Å². The molecule has 72 valence electrons. The van der Waals surface area contributed by atoms with Crippen molar-refractivity contribution in [1.29, 1.82) is 0 Å². The van der Waals surface area contributed by atoms with E-state index in [1.54, 1.807) is 0 Å². The third kappa shape index (κ3) is 1.50. The van der Waals surface area contributed by atoms with Crippen LogP contribution in [-0.2, 0) is 10.8 Å². The molecule has 1 aliphatic rings. The molecule has 0 bridgehead atoms. The van der Waals surface area contributed by atoms with Gasteiger partial charge in [-0.1, -0.05) is 32.9 Å². The molecule has 1 aliphatic carbocycles. The van der Waals surface area contributed by atoms with E-state index in [1.807, 2.05) is 0 Å². The number of hydrogen-bond acceptors (Lipinski definition) is 2. The van der Waals surface area contributed by atoms with Crippen LogP contribution in [0.15, 0.2) is 10.6 Å². The highest BCUT2D eigenvalue weighted by Gasteiger charge is 2.43. The highest BCUT2D eigenvalue weighted by molar-refractivity contribution is 5.24. The maximum absolute atomic E-state index is 5.37. The minimum absolute atomic E-state index is 0.104. The van der Waals surface area contributed by atoms with Crippen molar-refractivity contribution in [1.82, 2.24) is 5.16 Å². The van der Waals surface area contributed by atoms with E-state index in [0.717, 1.165) is 11.5 Å². The van der Waals surface area contributed by atoms with Crippen molar-refractivity contribution < 1.29 is 4.52 Å². The molecule has 0 aromatic carbocycles. The Hall–Kier alpha value is -0.790. The van der Waals surface area contributed by atoms with Crippen molar-refractivity contribution >= 4 is 0 Å². The average Bonchev–Trinajstić information content (AvgIpc) is 2.60. The predicted molar refractivity (Wildman–Crippen MR) is 51.8 cm³/mol. The fraction of sp³-hybridized carbons (Fsp3) is 0.727. The molecule has 2 nitrogen and oxygen atoms in total. The van der Waals surface area contributed by atoms with E-state index in [1.165, 1.54) is 12.8 Å². The molecule has 1 aromatic heterocycles. The average molecular weight is 179 g/mol. The molecule has 0 amide bonds. The van der Waals surface area contributed by atoms with Crippen LogP contribution in [0.4, 0.5) is 0 Å². The number of rotatable bonds is 1. The zero-order valence-corrected chi connectivity index (χ0v) is 8.85. The van der Waals surface area contributed by atoms with Gasteiger partial charge in [-0.15, -0.1) is 0 Å². The normalized spacial score (nSPS) is 20.3. The Labute approximate surface area is 79.3 Å². The van der Waals surface area contributed by atoms with E-state index >= 15 is 0 Å². The summed E-state index contributed by atoms with van der Waals surface area (Å²) in [6, 6.07) is 2.12. The van der Waals surface area contributed by atoms with Gasteiger partial charge in [0.25, 0.3) is 0 Å². The molecular weight excluding hydrogens is 162 g/mol. The van der Waals surface area contributed by atoms with E-state index in [4.69, 9.17) is 4.52 Å². The van der Waals surface area contributed by atoms with Crippen LogP contribution < -0.4 is 0 Å². The summed E-state index contributed by atoms with van der Waals surface area (Å²) in [5, 5.41) is 4.12. The maximum atomic E-state index is 5.37. The lowest BCUT2D eigenvalue weighted by Gasteiger charge is -2.12. The Morgan fingerprint density at radius 2 is 2.00 bits per heavy atom. The maximum Gasteiger partial charge on any atom is 0.142 e. The molecule has 1 heterocycles. The van der Waals surface area contributed by atoms with Crippen LogP contribution >= 0.6 is 0 Å². The SMILES string of the molecule is CC(C)(C)c1cc(C2(C)CC2)on1. The van der Waals surface area contributed by atoms with Crippen molar-refractivity contribution in [3.05, 3.63) is 17.5 Å². The first-order valence-corrected chi connectivity index (χ1v) is 4.89.